The molecule has 37 heavy (non-hydrogen) atoms. The molecule has 7 nitrogen and oxygen atoms in total. The van der Waals surface area contributed by atoms with E-state index < -0.39 is 23.6 Å². The second-order valence-corrected chi connectivity index (χ2v) is 10.2. The molecular formula is C25H20ClF3N4O3S. The molecule has 1 saturated heterocycles. The van der Waals surface area contributed by atoms with Gasteiger partial charge in [-0.2, -0.15) is 28.4 Å². The molecule has 0 atom stereocenters. The third kappa shape index (κ3) is 5.19. The first kappa shape index (κ1) is 25.2. The van der Waals surface area contributed by atoms with E-state index in [1.165, 1.54) is 12.1 Å². The molecule has 0 spiro atoms. The van der Waals surface area contributed by atoms with Gasteiger partial charge in [0.05, 0.1) is 27.9 Å². The number of carboxylic acids is 1. The van der Waals surface area contributed by atoms with E-state index in [9.17, 15) is 28.2 Å². The second kappa shape index (κ2) is 9.79. The van der Waals surface area contributed by atoms with Crippen LogP contribution in [0.25, 0.3) is 5.57 Å². The molecule has 1 fully saturated rings. The molecule has 0 saturated carbocycles. The fraction of sp³-hybridized carbons (Fsp3) is 0.280. The number of thiazole rings is 1. The molecule has 2 N–H and O–H groups in total. The largest absolute Gasteiger partial charge is 0.492 e. The van der Waals surface area contributed by atoms with Crippen LogP contribution in [-0.2, 0) is 17.4 Å². The van der Waals surface area contributed by atoms with Gasteiger partial charge in [0.1, 0.15) is 0 Å². The van der Waals surface area contributed by atoms with Gasteiger partial charge in [-0.25, -0.2) is 0 Å². The summed E-state index contributed by atoms with van der Waals surface area (Å²) >= 11 is 7.04. The maximum atomic E-state index is 13.9. The Morgan fingerprint density at radius 2 is 1.92 bits per heavy atom. The molecule has 1 aromatic heterocycles. The van der Waals surface area contributed by atoms with Gasteiger partial charge >= 0.3 is 12.1 Å². The summed E-state index contributed by atoms with van der Waals surface area (Å²) in [5, 5.41) is 29.7. The average Bonchev–Trinajstić information content (AvgIpc) is 3.48. The molecule has 192 valence electrons. The Bertz CT molecular complexity index is 1530. The summed E-state index contributed by atoms with van der Waals surface area (Å²) in [6.45, 7) is 0.899. The van der Waals surface area contributed by atoms with E-state index >= 15 is 0 Å². The summed E-state index contributed by atoms with van der Waals surface area (Å²) in [6, 6.07) is 8.86. The van der Waals surface area contributed by atoms with Crippen LogP contribution >= 0.6 is 22.9 Å². The van der Waals surface area contributed by atoms with Gasteiger partial charge in [-0.05, 0) is 53.5 Å². The Balaban J connectivity index is 1.60. The van der Waals surface area contributed by atoms with E-state index in [2.05, 4.69) is 15.2 Å². The topological polar surface area (TPSA) is 98.4 Å². The molecule has 2 aliphatic rings. The molecule has 12 heteroatoms. The van der Waals surface area contributed by atoms with Crippen molar-refractivity contribution in [3.05, 3.63) is 73.6 Å². The third-order valence-electron chi connectivity index (χ3n) is 6.47. The lowest BCUT2D eigenvalue weighted by Crippen LogP contribution is -2.36. The Morgan fingerprint density at radius 1 is 1.16 bits per heavy atom. The minimum absolute atomic E-state index is 0.00220. The Kier molecular flexibility index (Phi) is 6.67. The first-order valence-electron chi connectivity index (χ1n) is 11.4. The van der Waals surface area contributed by atoms with Crippen molar-refractivity contribution < 1.29 is 28.2 Å². The minimum Gasteiger partial charge on any atom is -0.492 e. The molecule has 2 aromatic carbocycles. The van der Waals surface area contributed by atoms with Gasteiger partial charge in [0.25, 0.3) is 0 Å². The van der Waals surface area contributed by atoms with E-state index in [0.29, 0.717) is 57.7 Å². The molecule has 0 unspecified atom stereocenters. The first-order valence-corrected chi connectivity index (χ1v) is 12.6. The number of carboxylic acid groups (broad SMARTS) is 1. The molecule has 3 heterocycles. The van der Waals surface area contributed by atoms with Gasteiger partial charge in [-0.15, -0.1) is 0 Å². The molecule has 0 amide bonds. The van der Waals surface area contributed by atoms with E-state index in [4.69, 9.17) is 11.6 Å². The van der Waals surface area contributed by atoms with Crippen molar-refractivity contribution >= 4 is 45.8 Å². The van der Waals surface area contributed by atoms with Gasteiger partial charge in [-0.1, -0.05) is 35.1 Å². The molecular weight excluding hydrogens is 529 g/mol. The summed E-state index contributed by atoms with van der Waals surface area (Å²) in [4.78, 5) is 17.8. The van der Waals surface area contributed by atoms with Crippen LogP contribution in [0.5, 0.6) is 5.88 Å². The number of aromatic nitrogens is 1. The summed E-state index contributed by atoms with van der Waals surface area (Å²) in [6.07, 6.45) is -2.33. The zero-order valence-corrected chi connectivity index (χ0v) is 20.7. The van der Waals surface area contributed by atoms with Crippen molar-refractivity contribution in [2.75, 3.05) is 18.0 Å². The molecule has 0 radical (unpaired) electrons. The quantitative estimate of drug-likeness (QED) is 0.497. The fourth-order valence-electron chi connectivity index (χ4n) is 4.51. The third-order valence-corrected chi connectivity index (χ3v) is 7.87. The van der Waals surface area contributed by atoms with Crippen LogP contribution in [-0.4, -0.2) is 40.5 Å². The fourth-order valence-corrected chi connectivity index (χ4v) is 5.76. The standard InChI is InChI=1S/C25H20ClF3N4O3S/c26-17-3-1-15(19(11-17)25(27,28)29)10-18(14-2-4-20-16(9-14)12-30-32-20)21-22(34)31-24(37-21)33-7-5-13(6-8-33)23(35)36/h1-4,9,11-13,34H,5-8,10H2,(H,35,36)/b18-14+. The maximum Gasteiger partial charge on any atom is 0.416 e. The van der Waals surface area contributed by atoms with Crippen molar-refractivity contribution in [2.24, 2.45) is 16.1 Å². The predicted molar refractivity (Wildman–Crippen MR) is 134 cm³/mol. The summed E-state index contributed by atoms with van der Waals surface area (Å²) < 4.78 is 41.6. The van der Waals surface area contributed by atoms with Crippen LogP contribution in [0.3, 0.4) is 0 Å². The summed E-state index contributed by atoms with van der Waals surface area (Å²) in [5.41, 5.74) is 0.317. The maximum absolute atomic E-state index is 13.9. The molecule has 0 bridgehead atoms. The number of anilines is 1. The van der Waals surface area contributed by atoms with Gasteiger partial charge in [0, 0.05) is 30.1 Å². The van der Waals surface area contributed by atoms with Gasteiger partial charge in [0.2, 0.25) is 5.88 Å². The van der Waals surface area contributed by atoms with E-state index in [-0.39, 0.29) is 22.9 Å². The number of alkyl halides is 3. The summed E-state index contributed by atoms with van der Waals surface area (Å²) in [5.74, 6) is -1.57. The molecule has 5 rings (SSSR count). The van der Waals surface area contributed by atoms with Crippen molar-refractivity contribution in [2.45, 2.75) is 25.4 Å². The number of hydrogen-bond acceptors (Lipinski definition) is 7. The van der Waals surface area contributed by atoms with Crippen LogP contribution in [0.15, 0.2) is 46.6 Å². The summed E-state index contributed by atoms with van der Waals surface area (Å²) in [7, 11) is 0. The lowest BCUT2D eigenvalue weighted by Gasteiger charge is -2.29. The highest BCUT2D eigenvalue weighted by Crippen LogP contribution is 2.40. The van der Waals surface area contributed by atoms with Gasteiger partial charge < -0.3 is 15.1 Å². The second-order valence-electron chi connectivity index (χ2n) is 8.82. The number of aliphatic carboxylic acids is 1. The van der Waals surface area contributed by atoms with Crippen LogP contribution in [0.2, 0.25) is 5.02 Å². The normalized spacial score (nSPS) is 16.5. The molecule has 0 aliphatic carbocycles. The highest BCUT2D eigenvalue weighted by atomic mass is 35.5. The van der Waals surface area contributed by atoms with Crippen LogP contribution in [0.4, 0.5) is 18.3 Å². The van der Waals surface area contributed by atoms with Crippen molar-refractivity contribution in [1.29, 1.82) is 0 Å². The number of halogens is 4. The Morgan fingerprint density at radius 3 is 2.62 bits per heavy atom. The molecule has 3 aromatic rings. The van der Waals surface area contributed by atoms with Crippen molar-refractivity contribution in [3.63, 3.8) is 0 Å². The number of hydrogen-bond donors (Lipinski definition) is 2. The lowest BCUT2D eigenvalue weighted by atomic mass is 9.96. The number of benzene rings is 2. The SMILES string of the molecule is O=C(O)C1CCN(c2nc(O)c(/C(Cc3ccc(Cl)cc3C(F)(F)F)=c3\ccc4c(c3)C=NN=4)s2)CC1. The van der Waals surface area contributed by atoms with Crippen LogP contribution in [0, 0.1) is 5.92 Å². The Labute approximate surface area is 217 Å². The smallest absolute Gasteiger partial charge is 0.416 e. The van der Waals surface area contributed by atoms with Gasteiger partial charge in [0.15, 0.2) is 5.13 Å². The zero-order valence-electron chi connectivity index (χ0n) is 19.2. The van der Waals surface area contributed by atoms with E-state index in [1.807, 2.05) is 4.90 Å². The van der Waals surface area contributed by atoms with Crippen molar-refractivity contribution in [3.8, 4) is 5.88 Å². The predicted octanol–water partition coefficient (Wildman–Crippen LogP) is 4.23. The number of nitrogens with zero attached hydrogens (tertiary/aromatic N) is 4. The van der Waals surface area contributed by atoms with Crippen molar-refractivity contribution in [1.82, 2.24) is 4.98 Å². The highest BCUT2D eigenvalue weighted by molar-refractivity contribution is 7.17. The van der Waals surface area contributed by atoms with Gasteiger partial charge in [-0.3, -0.25) is 4.79 Å². The van der Waals surface area contributed by atoms with E-state index in [0.717, 1.165) is 17.4 Å². The minimum atomic E-state index is -4.62. The number of piperidine rings is 1. The number of fused-ring (bicyclic) bond motifs is 1. The first-order chi connectivity index (χ1) is 17.6. The monoisotopic (exact) mass is 548 g/mol. The Hall–Kier alpha value is -3.44. The van der Waals surface area contributed by atoms with Crippen LogP contribution in [0.1, 0.15) is 34.4 Å². The number of carbonyl (C=O) groups is 1. The van der Waals surface area contributed by atoms with E-state index in [1.54, 1.807) is 24.4 Å². The average molecular weight is 549 g/mol. The highest BCUT2D eigenvalue weighted by Gasteiger charge is 2.34. The lowest BCUT2D eigenvalue weighted by molar-refractivity contribution is -0.142. The molecule has 2 aliphatic heterocycles. The number of aromatic hydroxyl groups is 1. The zero-order chi connectivity index (χ0) is 26.3. The number of rotatable bonds is 5. The van der Waals surface area contributed by atoms with Crippen LogP contribution < -0.4 is 15.5 Å².